The fourth-order valence-electron chi connectivity index (χ4n) is 2.26. The highest BCUT2D eigenvalue weighted by Crippen LogP contribution is 2.22. The van der Waals surface area contributed by atoms with E-state index in [4.69, 9.17) is 0 Å². The summed E-state index contributed by atoms with van der Waals surface area (Å²) in [6.45, 7) is 0.888. The van der Waals surface area contributed by atoms with Gasteiger partial charge in [-0.05, 0) is 49.4 Å². The van der Waals surface area contributed by atoms with Crippen LogP contribution in [0.5, 0.6) is 0 Å². The van der Waals surface area contributed by atoms with Gasteiger partial charge < -0.3 is 10.4 Å². The van der Waals surface area contributed by atoms with Gasteiger partial charge in [-0.3, -0.25) is 0 Å². The van der Waals surface area contributed by atoms with Crippen LogP contribution in [-0.4, -0.2) is 17.3 Å². The molecule has 0 saturated heterocycles. The molecular formula is C13H17Br2NO. The Kier molecular flexibility index (Phi) is 5.03. The van der Waals surface area contributed by atoms with Crippen molar-refractivity contribution in [2.24, 2.45) is 0 Å². The second-order valence-corrected chi connectivity index (χ2v) is 6.50. The Morgan fingerprint density at radius 1 is 1.06 bits per heavy atom. The molecule has 1 aliphatic carbocycles. The molecule has 94 valence electrons. The predicted molar refractivity (Wildman–Crippen MR) is 76.9 cm³/mol. The number of hydrogen-bond donors (Lipinski definition) is 2. The quantitative estimate of drug-likeness (QED) is 0.860. The first kappa shape index (κ1) is 13.5. The maximum absolute atomic E-state index is 9.44. The number of halogens is 2. The van der Waals surface area contributed by atoms with Gasteiger partial charge in [-0.1, -0.05) is 31.9 Å². The first-order valence-corrected chi connectivity index (χ1v) is 7.58. The maximum atomic E-state index is 9.44. The van der Waals surface area contributed by atoms with E-state index < -0.39 is 0 Å². The van der Waals surface area contributed by atoms with E-state index in [0.29, 0.717) is 6.04 Å². The van der Waals surface area contributed by atoms with E-state index in [1.807, 2.05) is 6.07 Å². The molecular weight excluding hydrogens is 346 g/mol. The number of rotatable bonds is 3. The van der Waals surface area contributed by atoms with Crippen LogP contribution in [0.3, 0.4) is 0 Å². The minimum absolute atomic E-state index is 0.0759. The van der Waals surface area contributed by atoms with Crippen molar-refractivity contribution in [3.05, 3.63) is 32.7 Å². The van der Waals surface area contributed by atoms with E-state index in [1.54, 1.807) is 0 Å². The van der Waals surface area contributed by atoms with Crippen LogP contribution < -0.4 is 5.32 Å². The van der Waals surface area contributed by atoms with Gasteiger partial charge in [-0.25, -0.2) is 0 Å². The Morgan fingerprint density at radius 2 is 1.65 bits per heavy atom. The van der Waals surface area contributed by atoms with E-state index in [-0.39, 0.29) is 6.10 Å². The normalized spacial score (nSPS) is 24.9. The van der Waals surface area contributed by atoms with E-state index in [2.05, 4.69) is 49.3 Å². The zero-order valence-corrected chi connectivity index (χ0v) is 12.8. The highest BCUT2D eigenvalue weighted by atomic mass is 79.9. The van der Waals surface area contributed by atoms with Gasteiger partial charge in [0, 0.05) is 21.5 Å². The van der Waals surface area contributed by atoms with Crippen molar-refractivity contribution in [1.82, 2.24) is 5.32 Å². The molecule has 1 saturated carbocycles. The first-order chi connectivity index (χ1) is 8.13. The summed E-state index contributed by atoms with van der Waals surface area (Å²) < 4.78 is 2.20. The van der Waals surface area contributed by atoms with E-state index in [1.165, 1.54) is 5.56 Å². The second kappa shape index (κ2) is 6.32. The molecule has 0 amide bonds. The van der Waals surface area contributed by atoms with Crippen LogP contribution in [0.15, 0.2) is 27.1 Å². The molecule has 1 aromatic rings. The van der Waals surface area contributed by atoms with Gasteiger partial charge in [0.25, 0.3) is 0 Å². The first-order valence-electron chi connectivity index (χ1n) is 6.00. The zero-order valence-electron chi connectivity index (χ0n) is 9.63. The lowest BCUT2D eigenvalue weighted by Gasteiger charge is -2.26. The fourth-order valence-corrected chi connectivity index (χ4v) is 3.64. The summed E-state index contributed by atoms with van der Waals surface area (Å²) in [7, 11) is 0. The Labute approximate surface area is 119 Å². The summed E-state index contributed by atoms with van der Waals surface area (Å²) in [5.41, 5.74) is 1.28. The maximum Gasteiger partial charge on any atom is 0.0541 e. The summed E-state index contributed by atoms with van der Waals surface area (Å²) in [6.07, 6.45) is 3.94. The van der Waals surface area contributed by atoms with Crippen molar-refractivity contribution in [3.8, 4) is 0 Å². The van der Waals surface area contributed by atoms with Gasteiger partial charge in [0.15, 0.2) is 0 Å². The Balaban J connectivity index is 1.85. The standard InChI is InChI=1S/C13H17Br2NO/c14-10-5-9(6-11(15)7-10)8-16-12-1-3-13(17)4-2-12/h5-7,12-13,16-17H,1-4,8H2. The van der Waals surface area contributed by atoms with Crippen molar-refractivity contribution < 1.29 is 5.11 Å². The van der Waals surface area contributed by atoms with Crippen LogP contribution >= 0.6 is 31.9 Å². The number of benzene rings is 1. The average molecular weight is 363 g/mol. The highest BCUT2D eigenvalue weighted by Gasteiger charge is 2.18. The Hall–Kier alpha value is 0.1000. The van der Waals surface area contributed by atoms with Crippen molar-refractivity contribution in [2.45, 2.75) is 44.4 Å². The summed E-state index contributed by atoms with van der Waals surface area (Å²) >= 11 is 6.99. The molecule has 2 rings (SSSR count). The second-order valence-electron chi connectivity index (χ2n) is 4.66. The molecule has 1 aliphatic rings. The Bertz CT molecular complexity index is 355. The molecule has 4 heteroatoms. The lowest BCUT2D eigenvalue weighted by atomic mass is 9.93. The van der Waals surface area contributed by atoms with E-state index in [0.717, 1.165) is 41.2 Å². The molecule has 0 bridgehead atoms. The van der Waals surface area contributed by atoms with Gasteiger partial charge in [0.2, 0.25) is 0 Å². The van der Waals surface area contributed by atoms with Crippen LogP contribution in [0.4, 0.5) is 0 Å². The molecule has 1 aromatic carbocycles. The third-order valence-corrected chi connectivity index (χ3v) is 4.13. The van der Waals surface area contributed by atoms with Crippen LogP contribution in [0.25, 0.3) is 0 Å². The van der Waals surface area contributed by atoms with Gasteiger partial charge >= 0.3 is 0 Å². The van der Waals surface area contributed by atoms with Gasteiger partial charge in [0.1, 0.15) is 0 Å². The third kappa shape index (κ3) is 4.36. The number of nitrogens with one attached hydrogen (secondary N) is 1. The van der Waals surface area contributed by atoms with E-state index >= 15 is 0 Å². The van der Waals surface area contributed by atoms with Crippen molar-refractivity contribution in [2.75, 3.05) is 0 Å². The van der Waals surface area contributed by atoms with Crippen molar-refractivity contribution in [1.29, 1.82) is 0 Å². The van der Waals surface area contributed by atoms with Gasteiger partial charge in [-0.15, -0.1) is 0 Å². The van der Waals surface area contributed by atoms with Gasteiger partial charge in [0.05, 0.1) is 6.10 Å². The van der Waals surface area contributed by atoms with Crippen molar-refractivity contribution >= 4 is 31.9 Å². The highest BCUT2D eigenvalue weighted by molar-refractivity contribution is 9.11. The van der Waals surface area contributed by atoms with E-state index in [9.17, 15) is 5.11 Å². The van der Waals surface area contributed by atoms with Crippen LogP contribution in [0.2, 0.25) is 0 Å². The number of aliphatic hydroxyl groups excluding tert-OH is 1. The predicted octanol–water partition coefficient (Wildman–Crippen LogP) is 3.60. The lowest BCUT2D eigenvalue weighted by molar-refractivity contribution is 0.116. The minimum atomic E-state index is -0.0759. The molecule has 2 N–H and O–H groups in total. The summed E-state index contributed by atoms with van der Waals surface area (Å²) in [5.74, 6) is 0. The lowest BCUT2D eigenvalue weighted by Crippen LogP contribution is -2.34. The summed E-state index contributed by atoms with van der Waals surface area (Å²) in [4.78, 5) is 0. The van der Waals surface area contributed by atoms with Crippen LogP contribution in [-0.2, 0) is 6.54 Å². The molecule has 17 heavy (non-hydrogen) atoms. The molecule has 0 heterocycles. The third-order valence-electron chi connectivity index (χ3n) is 3.21. The molecule has 0 radical (unpaired) electrons. The fraction of sp³-hybridized carbons (Fsp3) is 0.538. The monoisotopic (exact) mass is 361 g/mol. The zero-order chi connectivity index (χ0) is 12.3. The molecule has 2 nitrogen and oxygen atoms in total. The molecule has 0 aliphatic heterocycles. The smallest absolute Gasteiger partial charge is 0.0541 e. The SMILES string of the molecule is OC1CCC(NCc2cc(Br)cc(Br)c2)CC1. The molecule has 1 fully saturated rings. The average Bonchev–Trinajstić information content (AvgIpc) is 2.27. The topological polar surface area (TPSA) is 32.3 Å². The number of hydrogen-bond acceptors (Lipinski definition) is 2. The summed E-state index contributed by atoms with van der Waals surface area (Å²) in [5, 5.41) is 13.0. The van der Waals surface area contributed by atoms with Crippen LogP contribution in [0, 0.1) is 0 Å². The minimum Gasteiger partial charge on any atom is -0.393 e. The largest absolute Gasteiger partial charge is 0.393 e. The number of aliphatic hydroxyl groups is 1. The van der Waals surface area contributed by atoms with Crippen molar-refractivity contribution in [3.63, 3.8) is 0 Å². The molecule has 0 spiro atoms. The molecule has 0 aromatic heterocycles. The Morgan fingerprint density at radius 3 is 2.24 bits per heavy atom. The molecule has 0 atom stereocenters. The summed E-state index contributed by atoms with van der Waals surface area (Å²) in [6, 6.07) is 6.86. The van der Waals surface area contributed by atoms with Crippen LogP contribution in [0.1, 0.15) is 31.2 Å². The van der Waals surface area contributed by atoms with Gasteiger partial charge in [-0.2, -0.15) is 0 Å². The molecule has 0 unspecified atom stereocenters.